The molecule has 13 heteroatoms. The van der Waals surface area contributed by atoms with Crippen molar-refractivity contribution in [3.05, 3.63) is 63.4 Å². The molecule has 2 heterocycles. The predicted molar refractivity (Wildman–Crippen MR) is 117 cm³/mol. The highest BCUT2D eigenvalue weighted by Crippen LogP contribution is 2.51. The van der Waals surface area contributed by atoms with Crippen LogP contribution >= 0.6 is 15.9 Å². The van der Waals surface area contributed by atoms with Gasteiger partial charge in [0.25, 0.3) is 23.5 Å². The Labute approximate surface area is 199 Å². The highest BCUT2D eigenvalue weighted by Gasteiger charge is 2.60. The van der Waals surface area contributed by atoms with Gasteiger partial charge in [-0.15, -0.1) is 0 Å². The van der Waals surface area contributed by atoms with Crippen LogP contribution in [0, 0.1) is 12.7 Å². The van der Waals surface area contributed by atoms with E-state index in [1.807, 2.05) is 0 Å². The highest BCUT2D eigenvalue weighted by atomic mass is 79.9. The quantitative estimate of drug-likeness (QED) is 0.328. The molecule has 2 aromatic heterocycles. The predicted octanol–water partition coefficient (Wildman–Crippen LogP) is 3.23. The van der Waals surface area contributed by atoms with Crippen LogP contribution in [0.15, 0.2) is 35.1 Å². The molecule has 3 N–H and O–H groups in total. The largest absolute Gasteiger partial charge is 0.346 e. The number of aryl methyl sites for hydroxylation is 1. The second-order valence-electron chi connectivity index (χ2n) is 8.14. The molecule has 0 aliphatic heterocycles. The summed E-state index contributed by atoms with van der Waals surface area (Å²) in [6.45, 7) is 1.49. The zero-order valence-electron chi connectivity index (χ0n) is 17.9. The number of alkyl halides is 2. The summed E-state index contributed by atoms with van der Waals surface area (Å²) >= 11 is 3.04. The topological polar surface area (TPSA) is 122 Å². The van der Waals surface area contributed by atoms with E-state index in [0.29, 0.717) is 5.69 Å². The van der Waals surface area contributed by atoms with Gasteiger partial charge in [-0.3, -0.25) is 14.4 Å². The number of rotatable bonds is 6. The lowest BCUT2D eigenvalue weighted by Gasteiger charge is -2.46. The summed E-state index contributed by atoms with van der Waals surface area (Å²) in [5.74, 6) is -6.20. The van der Waals surface area contributed by atoms with E-state index in [1.165, 1.54) is 49.1 Å². The summed E-state index contributed by atoms with van der Waals surface area (Å²) in [5.41, 5.74) is -0.873. The maximum atomic E-state index is 13.7. The molecule has 178 valence electrons. The summed E-state index contributed by atoms with van der Waals surface area (Å²) in [7, 11) is 1.51. The van der Waals surface area contributed by atoms with Gasteiger partial charge in [-0.05, 0) is 46.6 Å². The third kappa shape index (κ3) is 4.22. The number of amides is 2. The van der Waals surface area contributed by atoms with Gasteiger partial charge in [-0.2, -0.15) is 15.4 Å². The van der Waals surface area contributed by atoms with Gasteiger partial charge in [0.2, 0.25) is 0 Å². The molecule has 3 aromatic rings. The molecule has 1 saturated carbocycles. The van der Waals surface area contributed by atoms with Crippen molar-refractivity contribution in [2.24, 2.45) is 7.05 Å². The second kappa shape index (κ2) is 8.38. The van der Waals surface area contributed by atoms with Crippen molar-refractivity contribution in [2.75, 3.05) is 5.32 Å². The molecule has 1 aliphatic rings. The Morgan fingerprint density at radius 2 is 1.94 bits per heavy atom. The highest BCUT2D eigenvalue weighted by molar-refractivity contribution is 9.10. The van der Waals surface area contributed by atoms with E-state index in [1.54, 1.807) is 0 Å². The first kappa shape index (κ1) is 23.7. The van der Waals surface area contributed by atoms with Crippen molar-refractivity contribution in [3.8, 4) is 0 Å². The fraction of sp³-hybridized carbons (Fsp3) is 0.286. The van der Waals surface area contributed by atoms with Crippen LogP contribution in [0.5, 0.6) is 0 Å². The number of hydrogen-bond donors (Lipinski definition) is 3. The number of ketones is 1. The van der Waals surface area contributed by atoms with Crippen LogP contribution < -0.4 is 10.6 Å². The number of Topliss-reactive ketones (excluding diaryl/α,β-unsaturated/α-hetero) is 1. The van der Waals surface area contributed by atoms with Crippen LogP contribution in [0.25, 0.3) is 0 Å². The fourth-order valence-electron chi connectivity index (χ4n) is 4.06. The molecule has 0 atom stereocenters. The molecule has 0 spiro atoms. The molecule has 1 aromatic carbocycles. The van der Waals surface area contributed by atoms with Crippen LogP contribution in [0.2, 0.25) is 0 Å². The molecular formula is C21H18BrF3N6O3. The lowest BCUT2D eigenvalue weighted by Crippen LogP contribution is -2.61. The maximum absolute atomic E-state index is 13.7. The van der Waals surface area contributed by atoms with Crippen molar-refractivity contribution in [1.82, 2.24) is 25.3 Å². The number of carbonyl (C=O) groups is 3. The van der Waals surface area contributed by atoms with Gasteiger partial charge < -0.3 is 15.2 Å². The number of aromatic nitrogens is 4. The van der Waals surface area contributed by atoms with Gasteiger partial charge in [0, 0.05) is 37.3 Å². The molecule has 2 amide bonds. The SMILES string of the molecule is Cc1c(C(=O)C(=O)NC2(c3cn[nH]n3)CC(F)(F)C2)cn(C)c1C(=O)Nc1ccc(F)c(Br)c1. The van der Waals surface area contributed by atoms with E-state index in [2.05, 4.69) is 42.0 Å². The van der Waals surface area contributed by atoms with Crippen molar-refractivity contribution >= 4 is 39.2 Å². The molecule has 0 radical (unpaired) electrons. The fourth-order valence-corrected chi connectivity index (χ4v) is 4.44. The summed E-state index contributed by atoms with van der Waals surface area (Å²) in [4.78, 5) is 38.5. The van der Waals surface area contributed by atoms with Gasteiger partial charge in [-0.1, -0.05) is 0 Å². The maximum Gasteiger partial charge on any atom is 0.293 e. The van der Waals surface area contributed by atoms with Crippen molar-refractivity contribution in [1.29, 1.82) is 0 Å². The van der Waals surface area contributed by atoms with E-state index < -0.39 is 47.7 Å². The summed E-state index contributed by atoms with van der Waals surface area (Å²) in [6.07, 6.45) is 1.08. The Kier molecular flexibility index (Phi) is 5.84. The number of carbonyl (C=O) groups excluding carboxylic acids is 3. The van der Waals surface area contributed by atoms with Crippen molar-refractivity contribution in [2.45, 2.75) is 31.2 Å². The number of nitrogens with zero attached hydrogens (tertiary/aromatic N) is 3. The zero-order chi connectivity index (χ0) is 24.8. The average molecular weight is 539 g/mol. The zero-order valence-corrected chi connectivity index (χ0v) is 19.5. The minimum absolute atomic E-state index is 0.0631. The number of halogens is 4. The Morgan fingerprint density at radius 3 is 2.53 bits per heavy atom. The molecule has 0 bridgehead atoms. The summed E-state index contributed by atoms with van der Waals surface area (Å²) in [5, 5.41) is 14.7. The second-order valence-corrected chi connectivity index (χ2v) is 8.99. The third-order valence-electron chi connectivity index (χ3n) is 5.66. The van der Waals surface area contributed by atoms with Crippen LogP contribution in [-0.4, -0.2) is 43.5 Å². The minimum Gasteiger partial charge on any atom is -0.346 e. The van der Waals surface area contributed by atoms with Crippen LogP contribution in [-0.2, 0) is 17.4 Å². The standard InChI is InChI=1S/C21H18BrF3N6O3/c1-10-12(7-31(2)16(10)18(33)27-11-3-4-14(23)13(22)5-11)17(32)19(34)28-20(8-21(24,25)9-20)15-6-26-30-29-15/h3-7H,8-9H2,1-2H3,(H,27,33)(H,28,34)(H,26,29,30). The first-order valence-electron chi connectivity index (χ1n) is 9.96. The Morgan fingerprint density at radius 1 is 1.24 bits per heavy atom. The average Bonchev–Trinajstić information content (AvgIpc) is 3.37. The lowest BCUT2D eigenvalue weighted by molar-refractivity contribution is -0.148. The molecular weight excluding hydrogens is 521 g/mol. The van der Waals surface area contributed by atoms with E-state index >= 15 is 0 Å². The van der Waals surface area contributed by atoms with Gasteiger partial charge in [0.05, 0.1) is 16.2 Å². The van der Waals surface area contributed by atoms with Gasteiger partial charge in [-0.25, -0.2) is 13.2 Å². The third-order valence-corrected chi connectivity index (χ3v) is 6.26. The van der Waals surface area contributed by atoms with Crippen LogP contribution in [0.3, 0.4) is 0 Å². The lowest BCUT2D eigenvalue weighted by atomic mass is 9.71. The van der Waals surface area contributed by atoms with E-state index in [4.69, 9.17) is 0 Å². The van der Waals surface area contributed by atoms with Gasteiger partial charge >= 0.3 is 0 Å². The number of anilines is 1. The molecule has 34 heavy (non-hydrogen) atoms. The number of aromatic amines is 1. The first-order chi connectivity index (χ1) is 15.9. The van der Waals surface area contributed by atoms with E-state index in [-0.39, 0.29) is 27.0 Å². The molecule has 9 nitrogen and oxygen atoms in total. The molecule has 4 rings (SSSR count). The number of nitrogens with one attached hydrogen (secondary N) is 3. The van der Waals surface area contributed by atoms with E-state index in [0.717, 1.165) is 0 Å². The Balaban J connectivity index is 1.55. The molecule has 0 unspecified atom stereocenters. The Bertz CT molecular complexity index is 1300. The minimum atomic E-state index is -3.02. The van der Waals surface area contributed by atoms with E-state index in [9.17, 15) is 27.6 Å². The van der Waals surface area contributed by atoms with Gasteiger partial charge in [0.15, 0.2) is 0 Å². The first-order valence-corrected chi connectivity index (χ1v) is 10.7. The molecule has 0 saturated heterocycles. The molecule has 1 fully saturated rings. The number of hydrogen-bond acceptors (Lipinski definition) is 5. The summed E-state index contributed by atoms with van der Waals surface area (Å²) in [6, 6.07) is 3.92. The van der Waals surface area contributed by atoms with Crippen LogP contribution in [0.4, 0.5) is 18.9 Å². The van der Waals surface area contributed by atoms with Gasteiger partial charge in [0.1, 0.15) is 17.2 Å². The smallest absolute Gasteiger partial charge is 0.293 e. The Hall–Kier alpha value is -3.48. The van der Waals surface area contributed by atoms with Crippen molar-refractivity contribution in [3.63, 3.8) is 0 Å². The normalized spacial score (nSPS) is 15.9. The summed E-state index contributed by atoms with van der Waals surface area (Å²) < 4.78 is 42.3. The van der Waals surface area contributed by atoms with Crippen molar-refractivity contribution < 1.29 is 27.6 Å². The number of H-pyrrole nitrogens is 1. The van der Waals surface area contributed by atoms with Crippen LogP contribution in [0.1, 0.15) is 44.9 Å². The number of benzene rings is 1. The molecule has 1 aliphatic carbocycles. The monoisotopic (exact) mass is 538 g/mol.